The zero-order valence-electron chi connectivity index (χ0n) is 12.7. The van der Waals surface area contributed by atoms with Crippen LogP contribution < -0.4 is 5.32 Å². The smallest absolute Gasteiger partial charge is 0.410 e. The summed E-state index contributed by atoms with van der Waals surface area (Å²) in [5.41, 5.74) is 0.695. The highest BCUT2D eigenvalue weighted by molar-refractivity contribution is 5.68. The lowest BCUT2D eigenvalue weighted by atomic mass is 10.2. The fraction of sp³-hybridized carbons (Fsp3) is 0.714. The quantitative estimate of drug-likeness (QED) is 0.889. The van der Waals surface area contributed by atoms with Crippen molar-refractivity contribution in [3.8, 4) is 0 Å². The molecule has 0 aromatic carbocycles. The van der Waals surface area contributed by atoms with E-state index in [9.17, 15) is 4.79 Å². The minimum absolute atomic E-state index is 0.204. The van der Waals surface area contributed by atoms with Crippen molar-refractivity contribution in [1.29, 1.82) is 0 Å². The maximum atomic E-state index is 12.1. The number of carbonyl (C=O) groups excluding carboxylic acids is 1. The number of amides is 1. The Hall–Kier alpha value is -1.56. The molecule has 1 amide bonds. The molecule has 0 unspecified atom stereocenters. The Morgan fingerprint density at radius 1 is 1.55 bits per heavy atom. The number of piperazine rings is 1. The topological polar surface area (TPSA) is 59.4 Å². The molecule has 0 spiro atoms. The zero-order chi connectivity index (χ0) is 14.8. The fourth-order valence-electron chi connectivity index (χ4n) is 2.23. The second-order valence-electron chi connectivity index (χ2n) is 6.32. The summed E-state index contributed by atoms with van der Waals surface area (Å²) in [6, 6.07) is 0.204. The maximum Gasteiger partial charge on any atom is 0.410 e. The number of hydrogen-bond donors (Lipinski definition) is 1. The van der Waals surface area contributed by atoms with Gasteiger partial charge in [0, 0.05) is 31.9 Å². The predicted molar refractivity (Wildman–Crippen MR) is 76.6 cm³/mol. The number of rotatable bonds is 2. The standard InChI is InChI=1S/C14H24N4O2/c1-11-7-16-18(8-11)10-12-9-17(6-5-15-12)13(19)20-14(2,3)4/h7-8,12,15H,5-6,9-10H2,1-4H3/t12-/m0/s1. The van der Waals surface area contributed by atoms with E-state index in [1.807, 2.05) is 44.8 Å². The van der Waals surface area contributed by atoms with Crippen LogP contribution in [0.1, 0.15) is 26.3 Å². The Morgan fingerprint density at radius 3 is 2.90 bits per heavy atom. The SMILES string of the molecule is Cc1cnn(C[C@@H]2CN(C(=O)OC(C)(C)C)CCN2)c1. The van der Waals surface area contributed by atoms with Crippen LogP contribution in [0.2, 0.25) is 0 Å². The van der Waals surface area contributed by atoms with Gasteiger partial charge in [0.2, 0.25) is 0 Å². The lowest BCUT2D eigenvalue weighted by molar-refractivity contribution is 0.0188. The molecule has 0 bridgehead atoms. The van der Waals surface area contributed by atoms with Gasteiger partial charge in [0.05, 0.1) is 12.7 Å². The van der Waals surface area contributed by atoms with Crippen molar-refractivity contribution in [2.24, 2.45) is 0 Å². The van der Waals surface area contributed by atoms with E-state index in [1.54, 1.807) is 4.90 Å². The van der Waals surface area contributed by atoms with Crippen molar-refractivity contribution in [3.05, 3.63) is 18.0 Å². The molecule has 1 saturated heterocycles. The monoisotopic (exact) mass is 280 g/mol. The molecule has 0 aliphatic carbocycles. The number of nitrogens with zero attached hydrogens (tertiary/aromatic N) is 3. The van der Waals surface area contributed by atoms with Gasteiger partial charge in [-0.15, -0.1) is 0 Å². The van der Waals surface area contributed by atoms with Crippen LogP contribution in [0.25, 0.3) is 0 Å². The van der Waals surface area contributed by atoms with E-state index in [4.69, 9.17) is 4.74 Å². The molecule has 1 atom stereocenters. The van der Waals surface area contributed by atoms with Crippen LogP contribution in [0.3, 0.4) is 0 Å². The lowest BCUT2D eigenvalue weighted by Gasteiger charge is -2.34. The zero-order valence-corrected chi connectivity index (χ0v) is 12.7. The summed E-state index contributed by atoms with van der Waals surface area (Å²) in [6.07, 6.45) is 3.61. The van der Waals surface area contributed by atoms with Crippen LogP contribution in [0.15, 0.2) is 12.4 Å². The second-order valence-corrected chi connectivity index (χ2v) is 6.32. The third kappa shape index (κ3) is 4.23. The molecular weight excluding hydrogens is 256 g/mol. The molecular formula is C14H24N4O2. The molecule has 1 N–H and O–H groups in total. The van der Waals surface area contributed by atoms with E-state index in [2.05, 4.69) is 10.4 Å². The first kappa shape index (κ1) is 14.8. The van der Waals surface area contributed by atoms with Gasteiger partial charge in [-0.05, 0) is 33.3 Å². The first-order chi connectivity index (χ1) is 9.33. The molecule has 1 fully saturated rings. The minimum Gasteiger partial charge on any atom is -0.444 e. The maximum absolute atomic E-state index is 12.1. The van der Waals surface area contributed by atoms with Crippen LogP contribution in [0.4, 0.5) is 4.79 Å². The number of ether oxygens (including phenoxy) is 1. The van der Waals surface area contributed by atoms with Gasteiger partial charge in [-0.1, -0.05) is 0 Å². The molecule has 0 radical (unpaired) electrons. The average Bonchev–Trinajstić information content (AvgIpc) is 2.73. The van der Waals surface area contributed by atoms with Gasteiger partial charge < -0.3 is 15.0 Å². The Kier molecular flexibility index (Phi) is 4.32. The third-order valence-corrected chi connectivity index (χ3v) is 3.08. The predicted octanol–water partition coefficient (Wildman–Crippen LogP) is 1.40. The first-order valence-corrected chi connectivity index (χ1v) is 7.04. The summed E-state index contributed by atoms with van der Waals surface area (Å²) in [7, 11) is 0. The summed E-state index contributed by atoms with van der Waals surface area (Å²) in [4.78, 5) is 13.8. The molecule has 2 rings (SSSR count). The number of aromatic nitrogens is 2. The van der Waals surface area contributed by atoms with Gasteiger partial charge in [-0.25, -0.2) is 4.79 Å². The van der Waals surface area contributed by atoms with Crippen molar-refractivity contribution in [2.45, 2.75) is 45.9 Å². The highest BCUT2D eigenvalue weighted by Gasteiger charge is 2.27. The van der Waals surface area contributed by atoms with Crippen molar-refractivity contribution in [2.75, 3.05) is 19.6 Å². The Bertz CT molecular complexity index is 464. The summed E-state index contributed by atoms with van der Waals surface area (Å²) in [5.74, 6) is 0. The van der Waals surface area contributed by atoms with Crippen LogP contribution in [-0.4, -0.2) is 52.1 Å². The largest absolute Gasteiger partial charge is 0.444 e. The summed E-state index contributed by atoms with van der Waals surface area (Å²) >= 11 is 0. The van der Waals surface area contributed by atoms with Gasteiger partial charge in [0.1, 0.15) is 5.60 Å². The van der Waals surface area contributed by atoms with Crippen LogP contribution in [-0.2, 0) is 11.3 Å². The van der Waals surface area contributed by atoms with Gasteiger partial charge in [-0.2, -0.15) is 5.10 Å². The van der Waals surface area contributed by atoms with E-state index < -0.39 is 5.60 Å². The van der Waals surface area contributed by atoms with Crippen LogP contribution >= 0.6 is 0 Å². The number of hydrogen-bond acceptors (Lipinski definition) is 4. The Morgan fingerprint density at radius 2 is 2.30 bits per heavy atom. The van der Waals surface area contributed by atoms with Crippen LogP contribution in [0.5, 0.6) is 0 Å². The Labute approximate surface area is 120 Å². The van der Waals surface area contributed by atoms with Gasteiger partial charge in [0.15, 0.2) is 0 Å². The molecule has 20 heavy (non-hydrogen) atoms. The van der Waals surface area contributed by atoms with Crippen molar-refractivity contribution in [3.63, 3.8) is 0 Å². The highest BCUT2D eigenvalue weighted by atomic mass is 16.6. The lowest BCUT2D eigenvalue weighted by Crippen LogP contribution is -2.54. The van der Waals surface area contributed by atoms with Crippen molar-refractivity contribution >= 4 is 6.09 Å². The first-order valence-electron chi connectivity index (χ1n) is 7.04. The molecule has 112 valence electrons. The summed E-state index contributed by atoms with van der Waals surface area (Å²) < 4.78 is 7.32. The molecule has 1 aromatic heterocycles. The summed E-state index contributed by atoms with van der Waals surface area (Å²) in [6.45, 7) is 10.5. The normalized spacial score (nSPS) is 20.0. The van der Waals surface area contributed by atoms with E-state index >= 15 is 0 Å². The van der Waals surface area contributed by atoms with E-state index in [1.165, 1.54) is 0 Å². The molecule has 6 nitrogen and oxygen atoms in total. The average molecular weight is 280 g/mol. The number of carbonyl (C=O) groups is 1. The van der Waals surface area contributed by atoms with E-state index in [0.29, 0.717) is 13.1 Å². The van der Waals surface area contributed by atoms with Crippen molar-refractivity contribution in [1.82, 2.24) is 20.0 Å². The van der Waals surface area contributed by atoms with E-state index in [-0.39, 0.29) is 12.1 Å². The highest BCUT2D eigenvalue weighted by Crippen LogP contribution is 2.12. The molecule has 1 aromatic rings. The third-order valence-electron chi connectivity index (χ3n) is 3.08. The fourth-order valence-corrected chi connectivity index (χ4v) is 2.23. The minimum atomic E-state index is -0.448. The Balaban J connectivity index is 1.90. The van der Waals surface area contributed by atoms with Gasteiger partial charge in [-0.3, -0.25) is 4.68 Å². The summed E-state index contributed by atoms with van der Waals surface area (Å²) in [5, 5.41) is 7.70. The van der Waals surface area contributed by atoms with E-state index in [0.717, 1.165) is 18.7 Å². The molecule has 6 heteroatoms. The molecule has 1 aliphatic heterocycles. The number of nitrogens with one attached hydrogen (secondary N) is 1. The van der Waals surface area contributed by atoms with Crippen LogP contribution in [0, 0.1) is 6.92 Å². The van der Waals surface area contributed by atoms with Gasteiger partial charge >= 0.3 is 6.09 Å². The second kappa shape index (κ2) is 5.83. The molecule has 0 saturated carbocycles. The van der Waals surface area contributed by atoms with Crippen molar-refractivity contribution < 1.29 is 9.53 Å². The van der Waals surface area contributed by atoms with Gasteiger partial charge in [0.25, 0.3) is 0 Å². The number of aryl methyl sites for hydroxylation is 1. The molecule has 1 aliphatic rings. The molecule has 2 heterocycles.